The third-order valence-electron chi connectivity index (χ3n) is 7.04. The Balaban J connectivity index is 1.13. The summed E-state index contributed by atoms with van der Waals surface area (Å²) in [5.74, 6) is -0.800. The number of halogens is 2. The number of aromatic nitrogens is 1. The van der Waals surface area contributed by atoms with E-state index in [1.807, 2.05) is 59.5 Å². The van der Waals surface area contributed by atoms with Gasteiger partial charge in [-0.15, -0.1) is 0 Å². The summed E-state index contributed by atoms with van der Waals surface area (Å²) in [5, 5.41) is 1.74. The minimum absolute atomic E-state index is 0.0289. The molecule has 1 aromatic heterocycles. The predicted molar refractivity (Wildman–Crippen MR) is 135 cm³/mol. The monoisotopic (exact) mass is 485 g/mol. The van der Waals surface area contributed by atoms with Crippen molar-refractivity contribution >= 4 is 22.5 Å². The fraction of sp³-hybridized carbons (Fsp3) is 0.241. The summed E-state index contributed by atoms with van der Waals surface area (Å²) in [5.41, 5.74) is 0.752. The van der Waals surface area contributed by atoms with Gasteiger partial charge in [-0.2, -0.15) is 0 Å². The first-order valence-electron chi connectivity index (χ1n) is 11.9. The molecule has 2 aliphatic rings. The van der Waals surface area contributed by atoms with E-state index in [9.17, 15) is 13.6 Å². The highest BCUT2D eigenvalue weighted by Crippen LogP contribution is 2.42. The van der Waals surface area contributed by atoms with Gasteiger partial charge in [0.1, 0.15) is 17.3 Å². The van der Waals surface area contributed by atoms with Gasteiger partial charge in [-0.25, -0.2) is 13.8 Å². The Kier molecular flexibility index (Phi) is 5.18. The van der Waals surface area contributed by atoms with Crippen molar-refractivity contribution in [2.24, 2.45) is 5.41 Å². The van der Waals surface area contributed by atoms with E-state index >= 15 is 0 Å². The molecule has 0 aliphatic carbocycles. The Labute approximate surface area is 207 Å². The average molecular weight is 486 g/mol. The molecular weight excluding hydrogens is 460 g/mol. The van der Waals surface area contributed by atoms with Crippen molar-refractivity contribution < 1.29 is 18.3 Å². The normalized spacial score (nSPS) is 16.5. The molecule has 0 unspecified atom stereocenters. The molecule has 6 rings (SSSR count). The van der Waals surface area contributed by atoms with Crippen LogP contribution in [-0.4, -0.2) is 42.0 Å². The van der Waals surface area contributed by atoms with Crippen LogP contribution in [0, 0.1) is 5.41 Å². The summed E-state index contributed by atoms with van der Waals surface area (Å²) >= 11 is 0. The van der Waals surface area contributed by atoms with Gasteiger partial charge in [0.25, 0.3) is 11.8 Å². The number of hydrogen-bond acceptors (Lipinski definition) is 4. The standard InChI is InChI=1S/C29H25F2N3O2/c1-28(30,31)22-9-11-23(12-10-22)36-25-6-4-5-20-15-21(8-13-24(20)25)27(35)34-18-29(19-34)16-33(17-29)26-7-2-3-14-32-26/h2-15H,16-19H2,1H3. The molecule has 0 bridgehead atoms. The van der Waals surface area contributed by atoms with Crippen LogP contribution < -0.4 is 9.64 Å². The lowest BCUT2D eigenvalue weighted by molar-refractivity contribution is -0.0107. The summed E-state index contributed by atoms with van der Waals surface area (Å²) in [4.78, 5) is 21.7. The van der Waals surface area contributed by atoms with Crippen LogP contribution in [0.4, 0.5) is 14.6 Å². The van der Waals surface area contributed by atoms with Crippen molar-refractivity contribution in [3.63, 3.8) is 0 Å². The van der Waals surface area contributed by atoms with E-state index in [1.165, 1.54) is 12.1 Å². The van der Waals surface area contributed by atoms with Gasteiger partial charge >= 0.3 is 0 Å². The zero-order chi connectivity index (χ0) is 24.9. The number of rotatable bonds is 5. The van der Waals surface area contributed by atoms with E-state index in [4.69, 9.17) is 4.74 Å². The van der Waals surface area contributed by atoms with Crippen molar-refractivity contribution in [1.82, 2.24) is 9.88 Å². The van der Waals surface area contributed by atoms with Gasteiger partial charge in [-0.1, -0.05) is 18.2 Å². The molecule has 2 aliphatic heterocycles. The zero-order valence-corrected chi connectivity index (χ0v) is 19.8. The van der Waals surface area contributed by atoms with Crippen molar-refractivity contribution in [2.45, 2.75) is 12.8 Å². The van der Waals surface area contributed by atoms with Gasteiger partial charge < -0.3 is 14.5 Å². The molecule has 4 aromatic rings. The quantitative estimate of drug-likeness (QED) is 0.343. The number of pyridine rings is 1. The van der Waals surface area contributed by atoms with Crippen LogP contribution >= 0.6 is 0 Å². The Morgan fingerprint density at radius 1 is 0.944 bits per heavy atom. The molecule has 2 fully saturated rings. The van der Waals surface area contributed by atoms with Gasteiger partial charge in [0.2, 0.25) is 0 Å². The smallest absolute Gasteiger partial charge is 0.270 e. The first-order chi connectivity index (χ1) is 17.3. The van der Waals surface area contributed by atoms with Crippen LogP contribution in [0.3, 0.4) is 0 Å². The summed E-state index contributed by atoms with van der Waals surface area (Å²) in [6.07, 6.45) is 1.80. The summed E-state index contributed by atoms with van der Waals surface area (Å²) in [6, 6.07) is 23.0. The maximum absolute atomic E-state index is 13.5. The maximum atomic E-state index is 13.5. The van der Waals surface area contributed by atoms with Crippen molar-refractivity contribution in [3.8, 4) is 11.5 Å². The SMILES string of the molecule is CC(F)(F)c1ccc(Oc2cccc3cc(C(=O)N4CC5(C4)CN(c4ccccn4)C5)ccc23)cc1. The lowest BCUT2D eigenvalue weighted by Crippen LogP contribution is -2.73. The number of benzene rings is 3. The van der Waals surface area contributed by atoms with E-state index in [0.29, 0.717) is 17.1 Å². The van der Waals surface area contributed by atoms with Crippen LogP contribution in [0.5, 0.6) is 11.5 Å². The number of ether oxygens (including phenoxy) is 1. The number of hydrogen-bond donors (Lipinski definition) is 0. The molecular formula is C29H25F2N3O2. The molecule has 1 spiro atoms. The molecule has 3 heterocycles. The zero-order valence-electron chi connectivity index (χ0n) is 19.8. The van der Waals surface area contributed by atoms with Gasteiger partial charge in [0.05, 0.1) is 0 Å². The largest absolute Gasteiger partial charge is 0.457 e. The van der Waals surface area contributed by atoms with Crippen LogP contribution in [0.25, 0.3) is 10.8 Å². The average Bonchev–Trinajstić information content (AvgIpc) is 2.82. The second-order valence-corrected chi connectivity index (χ2v) is 9.91. The highest BCUT2D eigenvalue weighted by molar-refractivity contribution is 6.00. The molecule has 0 atom stereocenters. The molecule has 1 amide bonds. The molecule has 5 nitrogen and oxygen atoms in total. The molecule has 7 heteroatoms. The number of alkyl halides is 2. The second kappa shape index (κ2) is 8.29. The van der Waals surface area contributed by atoms with E-state index < -0.39 is 5.92 Å². The first kappa shape index (κ1) is 22.5. The Bertz CT molecular complexity index is 1420. The van der Waals surface area contributed by atoms with Crippen molar-refractivity contribution in [3.05, 3.63) is 96.2 Å². The topological polar surface area (TPSA) is 45.7 Å². The predicted octanol–water partition coefficient (Wildman–Crippen LogP) is 6.10. The molecule has 0 radical (unpaired) electrons. The Hall–Kier alpha value is -4.00. The minimum Gasteiger partial charge on any atom is -0.457 e. The minimum atomic E-state index is -2.89. The van der Waals surface area contributed by atoms with Gasteiger partial charge in [0.15, 0.2) is 0 Å². The maximum Gasteiger partial charge on any atom is 0.270 e. The summed E-state index contributed by atoms with van der Waals surface area (Å²) < 4.78 is 33.0. The summed E-state index contributed by atoms with van der Waals surface area (Å²) in [6.45, 7) is 4.22. The number of nitrogens with zero attached hydrogens (tertiary/aromatic N) is 3. The Morgan fingerprint density at radius 3 is 2.42 bits per heavy atom. The lowest BCUT2D eigenvalue weighted by Gasteiger charge is -2.60. The van der Waals surface area contributed by atoms with Crippen LogP contribution in [0.2, 0.25) is 0 Å². The van der Waals surface area contributed by atoms with E-state index in [-0.39, 0.29) is 16.9 Å². The van der Waals surface area contributed by atoms with Crippen LogP contribution in [0.1, 0.15) is 22.8 Å². The van der Waals surface area contributed by atoms with Gasteiger partial charge in [-0.3, -0.25) is 4.79 Å². The Morgan fingerprint density at radius 2 is 1.72 bits per heavy atom. The third kappa shape index (κ3) is 4.04. The van der Waals surface area contributed by atoms with Crippen molar-refractivity contribution in [2.75, 3.05) is 31.1 Å². The lowest BCUT2D eigenvalue weighted by atomic mass is 9.72. The summed E-state index contributed by atoms with van der Waals surface area (Å²) in [7, 11) is 0. The number of likely N-dealkylation sites (tertiary alicyclic amines) is 1. The number of carbonyl (C=O) groups excluding carboxylic acids is 1. The molecule has 3 aromatic carbocycles. The second-order valence-electron chi connectivity index (χ2n) is 9.91. The van der Waals surface area contributed by atoms with E-state index in [1.54, 1.807) is 18.3 Å². The number of carbonyl (C=O) groups is 1. The van der Waals surface area contributed by atoms with E-state index in [0.717, 1.165) is 49.7 Å². The highest BCUT2D eigenvalue weighted by atomic mass is 19.3. The van der Waals surface area contributed by atoms with Gasteiger partial charge in [0, 0.05) is 61.2 Å². The highest BCUT2D eigenvalue weighted by Gasteiger charge is 2.53. The van der Waals surface area contributed by atoms with Gasteiger partial charge in [-0.05, 0) is 66.0 Å². The molecule has 0 saturated carbocycles. The number of anilines is 1. The fourth-order valence-corrected chi connectivity index (χ4v) is 5.17. The first-order valence-corrected chi connectivity index (χ1v) is 11.9. The molecule has 36 heavy (non-hydrogen) atoms. The number of fused-ring (bicyclic) bond motifs is 1. The third-order valence-corrected chi connectivity index (χ3v) is 7.04. The van der Waals surface area contributed by atoms with Crippen molar-refractivity contribution in [1.29, 1.82) is 0 Å². The van der Waals surface area contributed by atoms with Crippen LogP contribution in [-0.2, 0) is 5.92 Å². The molecule has 182 valence electrons. The van der Waals surface area contributed by atoms with E-state index in [2.05, 4.69) is 9.88 Å². The fourth-order valence-electron chi connectivity index (χ4n) is 5.17. The molecule has 2 saturated heterocycles. The molecule has 0 N–H and O–H groups in total. The number of amides is 1. The van der Waals surface area contributed by atoms with Crippen LogP contribution in [0.15, 0.2) is 85.1 Å².